The number of ketones is 2. The normalized spacial score (nSPS) is 26.3. The highest BCUT2D eigenvalue weighted by Crippen LogP contribution is 2.58. The van der Waals surface area contributed by atoms with Crippen LogP contribution >= 0.6 is 23.4 Å². The lowest BCUT2D eigenvalue weighted by atomic mass is 9.54. The van der Waals surface area contributed by atoms with Crippen molar-refractivity contribution >= 4 is 86.0 Å². The van der Waals surface area contributed by atoms with Gasteiger partial charge in [0, 0.05) is 49.8 Å². The van der Waals surface area contributed by atoms with Gasteiger partial charge >= 0.3 is 5.97 Å². The number of aliphatic hydroxyl groups excluding tert-OH is 2. The molecule has 8 atom stereocenters. The molecule has 3 aliphatic carbocycles. The van der Waals surface area contributed by atoms with Crippen LogP contribution in [-0.2, 0) is 50.8 Å². The lowest BCUT2D eigenvalue weighted by Gasteiger charge is -2.53. The molecule has 0 radical (unpaired) electrons. The van der Waals surface area contributed by atoms with E-state index >= 15 is 0 Å². The Labute approximate surface area is 439 Å². The van der Waals surface area contributed by atoms with E-state index in [1.807, 2.05) is 44.2 Å². The fraction of sp³-hybridized carbons (Fsp3) is 0.360. The number of carbonyl (C=O) groups is 6. The Morgan fingerprint density at radius 2 is 1.53 bits per heavy atom. The highest BCUT2D eigenvalue weighted by Gasteiger charge is 2.67. The van der Waals surface area contributed by atoms with Crippen molar-refractivity contribution in [1.29, 1.82) is 0 Å². The summed E-state index contributed by atoms with van der Waals surface area (Å²) < 4.78 is 26.0. The molecule has 25 heteroatoms. The van der Waals surface area contributed by atoms with Crippen LogP contribution in [0.25, 0.3) is 5.76 Å². The maximum atomic E-state index is 13.7. The number of hydrogen-bond donors (Lipinski definition) is 10. The van der Waals surface area contributed by atoms with Crippen molar-refractivity contribution < 1.29 is 67.8 Å². The number of carboxylic acid groups (broad SMARTS) is 1. The van der Waals surface area contributed by atoms with Gasteiger partial charge in [-0.1, -0.05) is 41.9 Å². The second-order valence-corrected chi connectivity index (χ2v) is 23.4. The van der Waals surface area contributed by atoms with E-state index in [1.54, 1.807) is 19.9 Å². The number of fused-ring (bicyclic) bond motifs is 4. The lowest BCUT2D eigenvalue weighted by molar-refractivity contribution is -0.161. The van der Waals surface area contributed by atoms with Crippen molar-refractivity contribution in [3.05, 3.63) is 123 Å². The van der Waals surface area contributed by atoms with E-state index < -0.39 is 108 Å². The fourth-order valence-corrected chi connectivity index (χ4v) is 13.2. The molecule has 3 aromatic carbocycles. The smallest absolute Gasteiger partial charge is 0.327 e. The van der Waals surface area contributed by atoms with E-state index in [2.05, 4.69) is 20.0 Å². The monoisotopic (exact) mass is 1090 g/mol. The zero-order valence-corrected chi connectivity index (χ0v) is 43.8. The number of phenols is 1. The first kappa shape index (κ1) is 55.7. The average molecular weight is 1090 g/mol. The molecule has 2 aliphatic heterocycles. The molecule has 0 unspecified atom stereocenters. The van der Waals surface area contributed by atoms with Crippen molar-refractivity contribution in [1.82, 2.24) is 25.1 Å². The van der Waals surface area contributed by atoms with E-state index in [9.17, 15) is 67.8 Å². The number of thioether (sulfide) groups is 1. The number of rotatable bonds is 9. The molecule has 2 saturated heterocycles. The molecule has 9 rings (SSSR count). The van der Waals surface area contributed by atoms with Gasteiger partial charge in [-0.3, -0.25) is 28.9 Å². The van der Waals surface area contributed by atoms with E-state index in [0.717, 1.165) is 5.56 Å². The number of nitrogen functional groups attached to an aromatic ring is 1. The van der Waals surface area contributed by atoms with Crippen LogP contribution in [0.5, 0.6) is 5.75 Å². The number of likely N-dealkylation sites (N-methyl/N-ethyl adjacent to an activating group) is 1. The summed E-state index contributed by atoms with van der Waals surface area (Å²) in [5.41, 5.74) is 7.18. The first-order chi connectivity index (χ1) is 34.9. The van der Waals surface area contributed by atoms with Gasteiger partial charge in [-0.05, 0) is 103 Å². The Balaban J connectivity index is 0.000000172. The molecule has 3 amide bonds. The SMILES string of the molecule is CC1(C)S[C@@H]2[C@H](NC(=O)Cc3ccccc3)C(=O)N2[C@H]1C(=O)O.CN(C)[C@@H]1C(=O)C(C(N)=O)=C(O)[C@@]2(O)C(=O)C3=C(O)c4c(O)ccc(Cl)c4[C@@](C)(O)[C@H]3C[C@@H]12.Cc1cc(C)nc(NS(=O)(=O)c2ccc(N)cc2)n1. The quantitative estimate of drug-likeness (QED) is 0.0654. The minimum absolute atomic E-state index is 0.0187. The Bertz CT molecular complexity index is 3200. The number of primary amides is 1. The molecule has 0 bridgehead atoms. The zero-order chi connectivity index (χ0) is 55.6. The van der Waals surface area contributed by atoms with Crippen molar-refractivity contribution in [2.45, 2.75) is 91.8 Å². The molecule has 12 N–H and O–H groups in total. The van der Waals surface area contributed by atoms with Gasteiger partial charge in [-0.15, -0.1) is 11.8 Å². The first-order valence-corrected chi connectivity index (χ1v) is 25.8. The molecular weight excluding hydrogens is 1040 g/mol. The molecule has 3 fully saturated rings. The van der Waals surface area contributed by atoms with Crippen LogP contribution in [0.2, 0.25) is 5.02 Å². The minimum Gasteiger partial charge on any atom is -0.508 e. The summed E-state index contributed by atoms with van der Waals surface area (Å²) in [5.74, 6) is -9.79. The number of phenolic OH excluding ortho intramolecular Hbond substituents is 1. The van der Waals surface area contributed by atoms with Crippen LogP contribution in [0, 0.1) is 25.7 Å². The maximum Gasteiger partial charge on any atom is 0.327 e. The number of aromatic hydroxyl groups is 1. The van der Waals surface area contributed by atoms with Crippen molar-refractivity contribution in [2.75, 3.05) is 24.6 Å². The first-order valence-electron chi connectivity index (χ1n) is 23.0. The largest absolute Gasteiger partial charge is 0.508 e. The van der Waals surface area contributed by atoms with Gasteiger partial charge in [0.1, 0.15) is 40.3 Å². The number of amides is 3. The third-order valence-corrected chi connectivity index (χ3v) is 16.9. The zero-order valence-electron chi connectivity index (χ0n) is 41.4. The van der Waals surface area contributed by atoms with Gasteiger partial charge in [-0.2, -0.15) is 0 Å². The highest BCUT2D eigenvalue weighted by molar-refractivity contribution is 8.01. The number of sulfonamides is 1. The number of nitrogens with zero attached hydrogens (tertiary/aromatic N) is 4. The Kier molecular flexibility index (Phi) is 15.0. The van der Waals surface area contributed by atoms with Crippen LogP contribution in [0.1, 0.15) is 55.3 Å². The number of halogens is 1. The summed E-state index contributed by atoms with van der Waals surface area (Å²) >= 11 is 7.70. The number of carboxylic acids is 1. The summed E-state index contributed by atoms with van der Waals surface area (Å²) in [5, 5.41) is 67.0. The summed E-state index contributed by atoms with van der Waals surface area (Å²) in [6.45, 7) is 8.51. The molecule has 3 heterocycles. The van der Waals surface area contributed by atoms with E-state index in [1.165, 1.54) is 79.0 Å². The number of nitrogens with two attached hydrogens (primary N) is 2. The summed E-state index contributed by atoms with van der Waals surface area (Å²) in [4.78, 5) is 85.5. The maximum absolute atomic E-state index is 13.7. The number of Topliss-reactive ketones (excluding diaryl/α,β-unsaturated/α-hetero) is 2. The van der Waals surface area contributed by atoms with Gasteiger partial charge in [0.15, 0.2) is 11.4 Å². The topological polar surface area (TPSA) is 366 Å². The predicted molar refractivity (Wildman–Crippen MR) is 274 cm³/mol. The standard InChI is InChI=1S/C22H23ClN2O8.C16H18N2O4S.C12H14N4O2S/c1-21(32)7-6-8-15(25(2)3)17(28)13(20(24)31)19(30)22(8,33)18(29)11(7)16(27)12-10(26)5-4-9(23)14(12)21;1-16(2)12(15(21)22)18-13(20)11(14(18)23-16)17-10(19)8-9-6-4-3-5-7-9;1-8-7-9(2)15-12(14-8)16-19(17,18)11-5-3-10(13)4-6-11/h4-5,7-8,15,26-27,30,32-33H,6H2,1-3H3,(H2,24,31);3-7,11-12,14H,8H2,1-2H3,(H,17,19)(H,21,22);3-7H,13H2,1-2H3,(H,14,15,16)/t7-,8-,15-,21-,22-;11-,12+,14-;/m01./s1. The number of nitrogens with one attached hydrogen (secondary N) is 2. The molecule has 75 heavy (non-hydrogen) atoms. The van der Waals surface area contributed by atoms with Gasteiger partial charge in [0.2, 0.25) is 23.5 Å². The third-order valence-electron chi connectivity index (χ3n) is 13.7. The highest BCUT2D eigenvalue weighted by atomic mass is 35.5. The van der Waals surface area contributed by atoms with Crippen molar-refractivity contribution in [3.63, 3.8) is 0 Å². The number of aryl methyl sites for hydroxylation is 2. The van der Waals surface area contributed by atoms with Crippen molar-refractivity contribution in [3.8, 4) is 5.75 Å². The molecule has 1 aromatic heterocycles. The van der Waals surface area contributed by atoms with Crippen LogP contribution in [0.15, 0.2) is 94.6 Å². The van der Waals surface area contributed by atoms with Crippen LogP contribution in [0.3, 0.4) is 0 Å². The third kappa shape index (κ3) is 10.00. The molecule has 5 aliphatic rings. The van der Waals surface area contributed by atoms with Gasteiger partial charge in [0.25, 0.3) is 15.9 Å². The van der Waals surface area contributed by atoms with E-state index in [4.69, 9.17) is 23.1 Å². The summed E-state index contributed by atoms with van der Waals surface area (Å²) in [6, 6.07) is 16.7. The van der Waals surface area contributed by atoms with E-state index in [-0.39, 0.29) is 57.0 Å². The number of hydrogen-bond acceptors (Lipinski definition) is 18. The number of anilines is 2. The number of aromatic nitrogens is 2. The Morgan fingerprint density at radius 3 is 2.09 bits per heavy atom. The number of benzene rings is 3. The predicted octanol–water partition coefficient (Wildman–Crippen LogP) is 2.62. The molecule has 398 valence electrons. The lowest BCUT2D eigenvalue weighted by Crippen LogP contribution is -2.70. The van der Waals surface area contributed by atoms with E-state index in [0.29, 0.717) is 17.1 Å². The molecular formula is C50H55ClN8O14S2. The average Bonchev–Trinajstić information content (AvgIpc) is 3.57. The molecule has 22 nitrogen and oxygen atoms in total. The second-order valence-electron chi connectivity index (χ2n) is 19.5. The Morgan fingerprint density at radius 1 is 0.933 bits per heavy atom. The molecule has 4 aromatic rings. The van der Waals surface area contributed by atoms with Crippen LogP contribution < -0.4 is 21.5 Å². The number of β-lactam (4-membered cyclic amide) rings is 1. The number of aliphatic carboxylic acids is 1. The number of aliphatic hydroxyl groups is 4. The summed E-state index contributed by atoms with van der Waals surface area (Å²) in [6.07, 6.45) is -0.0570. The molecule has 1 saturated carbocycles. The Hall–Kier alpha value is -7.09. The molecule has 0 spiro atoms. The minimum atomic E-state index is -3.69. The number of carbonyl (C=O) groups excluding carboxylic acids is 5. The van der Waals surface area contributed by atoms with Crippen molar-refractivity contribution in [2.24, 2.45) is 17.6 Å². The summed E-state index contributed by atoms with van der Waals surface area (Å²) in [7, 11) is -0.721. The van der Waals surface area contributed by atoms with Gasteiger partial charge in [-0.25, -0.2) is 27.9 Å². The second kappa shape index (κ2) is 20.2. The fourth-order valence-electron chi connectivity index (χ4n) is 10.3. The van der Waals surface area contributed by atoms with Crippen LogP contribution in [0.4, 0.5) is 11.6 Å². The van der Waals surface area contributed by atoms with Gasteiger partial charge in [0.05, 0.1) is 28.5 Å². The van der Waals surface area contributed by atoms with Crippen LogP contribution in [-0.4, -0.2) is 142 Å². The van der Waals surface area contributed by atoms with Gasteiger partial charge < -0.3 is 52.3 Å².